The van der Waals surface area contributed by atoms with Crippen molar-refractivity contribution >= 4 is 11.5 Å². The van der Waals surface area contributed by atoms with Gasteiger partial charge in [0.1, 0.15) is 5.82 Å². The zero-order valence-corrected chi connectivity index (χ0v) is 15.1. The molecule has 0 spiro atoms. The molecule has 0 bridgehead atoms. The molecule has 1 atom stereocenters. The first-order chi connectivity index (χ1) is 10.2. The quantitative estimate of drug-likeness (QED) is 0.813. The Kier molecular flexibility index (Phi) is 6.42. The molecule has 0 saturated carbocycles. The van der Waals surface area contributed by atoms with Gasteiger partial charge in [0, 0.05) is 35.7 Å². The van der Waals surface area contributed by atoms with E-state index in [1.807, 2.05) is 6.08 Å². The van der Waals surface area contributed by atoms with Crippen LogP contribution in [0.3, 0.4) is 0 Å². The molecule has 1 aromatic heterocycles. The van der Waals surface area contributed by atoms with Gasteiger partial charge >= 0.3 is 0 Å². The van der Waals surface area contributed by atoms with Crippen molar-refractivity contribution in [3.63, 3.8) is 0 Å². The highest BCUT2D eigenvalue weighted by Gasteiger charge is 2.20. The summed E-state index contributed by atoms with van der Waals surface area (Å²) in [5.41, 5.74) is 9.53. The van der Waals surface area contributed by atoms with Crippen molar-refractivity contribution in [2.24, 2.45) is 16.1 Å². The number of methoxy groups -OCH3 is 1. The van der Waals surface area contributed by atoms with Crippen LogP contribution >= 0.6 is 0 Å². The van der Waals surface area contributed by atoms with Crippen LogP contribution in [0.5, 0.6) is 0 Å². The lowest BCUT2D eigenvalue weighted by atomic mass is 9.89. The average Bonchev–Trinajstić information content (AvgIpc) is 2.75. The molecule has 0 unspecified atom stereocenters. The van der Waals surface area contributed by atoms with Gasteiger partial charge in [0.05, 0.1) is 12.6 Å². The van der Waals surface area contributed by atoms with E-state index in [9.17, 15) is 0 Å². The van der Waals surface area contributed by atoms with E-state index in [-0.39, 0.29) is 11.5 Å². The third-order valence-corrected chi connectivity index (χ3v) is 3.73. The highest BCUT2D eigenvalue weighted by atomic mass is 16.5. The summed E-state index contributed by atoms with van der Waals surface area (Å²) < 4.78 is 7.31. The number of ether oxygens (including phenoxy) is 1. The first kappa shape index (κ1) is 18.5. The van der Waals surface area contributed by atoms with Gasteiger partial charge in [0.25, 0.3) is 0 Å². The predicted octanol–water partition coefficient (Wildman–Crippen LogP) is 3.77. The smallest absolute Gasteiger partial charge is 0.109 e. The van der Waals surface area contributed by atoms with E-state index in [1.165, 1.54) is 0 Å². The molecule has 2 N–H and O–H groups in total. The number of aliphatic imine (C=N–C) groups is 1. The maximum atomic E-state index is 6.34. The van der Waals surface area contributed by atoms with E-state index in [0.29, 0.717) is 12.4 Å². The van der Waals surface area contributed by atoms with Crippen molar-refractivity contribution < 1.29 is 4.74 Å². The molecule has 4 heteroatoms. The molecule has 1 heterocycles. The van der Waals surface area contributed by atoms with E-state index in [2.05, 4.69) is 58.2 Å². The van der Waals surface area contributed by atoms with E-state index in [0.717, 1.165) is 23.5 Å². The standard InChI is InChI=1S/C18H31N3O/c1-8-15(12-22-7)20-16(18(4,5)6)11-17(19)21-13(2)9-10-14(21)3/h9-11,15H,8,12,19H2,1-7H3/b17-11+,20-16?/t15-/m1/s1. The number of allylic oxidation sites excluding steroid dienone is 1. The Hall–Kier alpha value is -1.55. The molecule has 124 valence electrons. The van der Waals surface area contributed by atoms with Gasteiger partial charge in [-0.3, -0.25) is 4.99 Å². The molecule has 0 aliphatic heterocycles. The monoisotopic (exact) mass is 305 g/mol. The second-order valence-corrected chi connectivity index (χ2v) is 6.80. The van der Waals surface area contributed by atoms with E-state index >= 15 is 0 Å². The average molecular weight is 305 g/mol. The largest absolute Gasteiger partial charge is 0.385 e. The van der Waals surface area contributed by atoms with Crippen LogP contribution in [0.2, 0.25) is 0 Å². The number of nitrogens with two attached hydrogens (primary N) is 1. The predicted molar refractivity (Wildman–Crippen MR) is 95.2 cm³/mol. The summed E-state index contributed by atoms with van der Waals surface area (Å²) >= 11 is 0. The number of aromatic nitrogens is 1. The first-order valence-corrected chi connectivity index (χ1v) is 7.90. The second-order valence-electron chi connectivity index (χ2n) is 6.80. The van der Waals surface area contributed by atoms with Crippen LogP contribution in [-0.4, -0.2) is 30.0 Å². The summed E-state index contributed by atoms with van der Waals surface area (Å²) in [5.74, 6) is 0.709. The van der Waals surface area contributed by atoms with Crippen LogP contribution in [-0.2, 0) is 4.74 Å². The van der Waals surface area contributed by atoms with Crippen LogP contribution in [0.25, 0.3) is 5.82 Å². The first-order valence-electron chi connectivity index (χ1n) is 7.90. The molecule has 22 heavy (non-hydrogen) atoms. The highest BCUT2D eigenvalue weighted by Crippen LogP contribution is 2.21. The van der Waals surface area contributed by atoms with Crippen molar-refractivity contribution in [2.75, 3.05) is 13.7 Å². The molecule has 0 saturated heterocycles. The van der Waals surface area contributed by atoms with Gasteiger partial charge in [-0.2, -0.15) is 0 Å². The van der Waals surface area contributed by atoms with E-state index in [1.54, 1.807) is 7.11 Å². The Morgan fingerprint density at radius 2 is 1.86 bits per heavy atom. The summed E-state index contributed by atoms with van der Waals surface area (Å²) in [6.07, 6.45) is 2.95. The number of nitrogens with zero attached hydrogens (tertiary/aromatic N) is 2. The van der Waals surface area contributed by atoms with Crippen molar-refractivity contribution in [2.45, 2.75) is 54.0 Å². The van der Waals surface area contributed by atoms with Crippen molar-refractivity contribution in [1.29, 1.82) is 0 Å². The van der Waals surface area contributed by atoms with Gasteiger partial charge in [0.15, 0.2) is 0 Å². The fourth-order valence-electron chi connectivity index (χ4n) is 2.36. The SMILES string of the molecule is CC[C@H](COC)N=C(/C=C(\N)n1c(C)ccc1C)C(C)(C)C. The van der Waals surface area contributed by atoms with Crippen LogP contribution in [0.15, 0.2) is 23.2 Å². The third-order valence-electron chi connectivity index (χ3n) is 3.73. The Balaban J connectivity index is 3.24. The Morgan fingerprint density at radius 3 is 2.27 bits per heavy atom. The molecule has 0 aromatic carbocycles. The number of hydrogen-bond donors (Lipinski definition) is 1. The molecule has 0 fully saturated rings. The summed E-state index contributed by atoms with van der Waals surface area (Å²) in [7, 11) is 1.71. The minimum atomic E-state index is -0.0687. The number of rotatable bonds is 6. The Labute approximate surface area is 135 Å². The fraction of sp³-hybridized carbons (Fsp3) is 0.611. The second kappa shape index (κ2) is 7.63. The highest BCUT2D eigenvalue weighted by molar-refractivity contribution is 6.02. The molecule has 0 radical (unpaired) electrons. The molecule has 1 aromatic rings. The molecular formula is C18H31N3O. The van der Waals surface area contributed by atoms with Crippen molar-refractivity contribution in [1.82, 2.24) is 4.57 Å². The number of hydrogen-bond acceptors (Lipinski definition) is 3. The van der Waals surface area contributed by atoms with Gasteiger partial charge in [-0.25, -0.2) is 0 Å². The maximum Gasteiger partial charge on any atom is 0.109 e. The third kappa shape index (κ3) is 4.73. The molecule has 4 nitrogen and oxygen atoms in total. The molecule has 0 aliphatic carbocycles. The Morgan fingerprint density at radius 1 is 1.32 bits per heavy atom. The molecule has 0 amide bonds. The van der Waals surface area contributed by atoms with Gasteiger partial charge in [0.2, 0.25) is 0 Å². The zero-order valence-electron chi connectivity index (χ0n) is 15.1. The summed E-state index contributed by atoms with van der Waals surface area (Å²) in [4.78, 5) is 4.89. The van der Waals surface area contributed by atoms with Gasteiger partial charge in [-0.1, -0.05) is 27.7 Å². The number of aryl methyl sites for hydroxylation is 2. The fourth-order valence-corrected chi connectivity index (χ4v) is 2.36. The lowest BCUT2D eigenvalue weighted by molar-refractivity contribution is 0.179. The summed E-state index contributed by atoms with van der Waals surface area (Å²) in [6.45, 7) is 13.3. The van der Waals surface area contributed by atoms with Crippen LogP contribution < -0.4 is 5.73 Å². The van der Waals surface area contributed by atoms with E-state index < -0.39 is 0 Å². The minimum absolute atomic E-state index is 0.0687. The lowest BCUT2D eigenvalue weighted by Crippen LogP contribution is -2.24. The maximum absolute atomic E-state index is 6.34. The summed E-state index contributed by atoms with van der Waals surface area (Å²) in [5, 5.41) is 0. The zero-order chi connectivity index (χ0) is 16.9. The van der Waals surface area contributed by atoms with Crippen molar-refractivity contribution in [3.8, 4) is 0 Å². The Bertz CT molecular complexity index is 528. The minimum Gasteiger partial charge on any atom is -0.385 e. The lowest BCUT2D eigenvalue weighted by Gasteiger charge is -2.23. The normalized spacial score (nSPS) is 15.2. The topological polar surface area (TPSA) is 52.5 Å². The molecule has 0 aliphatic rings. The van der Waals surface area contributed by atoms with Crippen LogP contribution in [0, 0.1) is 19.3 Å². The van der Waals surface area contributed by atoms with Gasteiger partial charge < -0.3 is 15.0 Å². The van der Waals surface area contributed by atoms with Crippen LogP contribution in [0.1, 0.15) is 45.5 Å². The van der Waals surface area contributed by atoms with Gasteiger partial charge in [-0.15, -0.1) is 0 Å². The van der Waals surface area contributed by atoms with E-state index in [4.69, 9.17) is 15.5 Å². The molecule has 1 rings (SSSR count). The van der Waals surface area contributed by atoms with Crippen molar-refractivity contribution in [3.05, 3.63) is 29.6 Å². The summed E-state index contributed by atoms with van der Waals surface area (Å²) in [6, 6.07) is 4.31. The molecular weight excluding hydrogens is 274 g/mol. The van der Waals surface area contributed by atoms with Crippen LogP contribution in [0.4, 0.5) is 0 Å². The van der Waals surface area contributed by atoms with Gasteiger partial charge in [-0.05, 0) is 32.4 Å².